The molecule has 1 aliphatic rings. The Morgan fingerprint density at radius 1 is 1.17 bits per heavy atom. The number of fused-ring (bicyclic) bond motifs is 1. The maximum absolute atomic E-state index is 12.7. The molecule has 3 heterocycles. The molecule has 1 aliphatic heterocycles. The number of carbonyl (C=O) groups excluding carboxylic acids is 1. The predicted molar refractivity (Wildman–Crippen MR) is 119 cm³/mol. The fourth-order valence-electron chi connectivity index (χ4n) is 3.59. The van der Waals surface area contributed by atoms with E-state index in [0.717, 1.165) is 28.3 Å². The lowest BCUT2D eigenvalue weighted by atomic mass is 9.95. The molecule has 0 unspecified atom stereocenters. The van der Waals surface area contributed by atoms with Crippen molar-refractivity contribution in [2.24, 2.45) is 0 Å². The van der Waals surface area contributed by atoms with Gasteiger partial charge in [0.15, 0.2) is 0 Å². The number of ether oxygens (including phenoxy) is 3. The molecular weight excluding hydrogens is 465 g/mol. The first-order chi connectivity index (χ1) is 16.8. The highest BCUT2D eigenvalue weighted by Crippen LogP contribution is 2.33. The Bertz CT molecular complexity index is 1170. The minimum Gasteiger partial charge on any atom is -0.491 e. The highest BCUT2D eigenvalue weighted by molar-refractivity contribution is 5.94. The van der Waals surface area contributed by atoms with Gasteiger partial charge in [-0.15, -0.1) is 0 Å². The van der Waals surface area contributed by atoms with Gasteiger partial charge in [0.05, 0.1) is 35.8 Å². The van der Waals surface area contributed by atoms with Crippen molar-refractivity contribution in [1.29, 1.82) is 0 Å². The molecular formula is C24H23F3N4O4. The third-order valence-corrected chi connectivity index (χ3v) is 5.13. The molecule has 0 radical (unpaired) electrons. The van der Waals surface area contributed by atoms with Crippen molar-refractivity contribution in [3.8, 4) is 22.9 Å². The standard InChI is InChI=1S/C24H23F3N4O4/c1-15-10-28-12-20(30-15)18-3-2-4-21-19(18)9-17(13-35-21)31-23(32)16-5-6-22(29-11-16)34-8-7-33-14-24(25,26)27/h2-6,10-12,17H,7-9,13-14H2,1H3,(H,31,32)/t17-/m0/s1. The van der Waals surface area contributed by atoms with E-state index in [-0.39, 0.29) is 31.0 Å². The van der Waals surface area contributed by atoms with Crippen LogP contribution >= 0.6 is 0 Å². The van der Waals surface area contributed by atoms with Gasteiger partial charge in [-0.25, -0.2) is 9.97 Å². The number of nitrogens with zero attached hydrogens (tertiary/aromatic N) is 3. The largest absolute Gasteiger partial charge is 0.491 e. The lowest BCUT2D eigenvalue weighted by molar-refractivity contribution is -0.175. The van der Waals surface area contributed by atoms with Crippen molar-refractivity contribution in [2.75, 3.05) is 26.4 Å². The summed E-state index contributed by atoms with van der Waals surface area (Å²) in [7, 11) is 0. The molecule has 184 valence electrons. The summed E-state index contributed by atoms with van der Waals surface area (Å²) in [5.74, 6) is 0.595. The van der Waals surface area contributed by atoms with E-state index in [1.54, 1.807) is 12.4 Å². The van der Waals surface area contributed by atoms with E-state index in [2.05, 4.69) is 25.0 Å². The van der Waals surface area contributed by atoms with Crippen LogP contribution in [0.3, 0.4) is 0 Å². The fraction of sp³-hybridized carbons (Fsp3) is 0.333. The summed E-state index contributed by atoms with van der Waals surface area (Å²) in [4.78, 5) is 25.5. The van der Waals surface area contributed by atoms with E-state index in [1.807, 2.05) is 25.1 Å². The molecule has 0 saturated heterocycles. The number of aryl methyl sites for hydroxylation is 1. The number of rotatable bonds is 8. The number of nitrogens with one attached hydrogen (secondary N) is 1. The maximum Gasteiger partial charge on any atom is 0.411 e. The van der Waals surface area contributed by atoms with Crippen LogP contribution in [-0.2, 0) is 11.2 Å². The van der Waals surface area contributed by atoms with Crippen molar-refractivity contribution in [2.45, 2.75) is 25.6 Å². The summed E-state index contributed by atoms with van der Waals surface area (Å²) >= 11 is 0. The highest BCUT2D eigenvalue weighted by atomic mass is 19.4. The first kappa shape index (κ1) is 24.4. The summed E-state index contributed by atoms with van der Waals surface area (Å²) in [5.41, 5.74) is 3.70. The fourth-order valence-corrected chi connectivity index (χ4v) is 3.59. The molecule has 1 amide bonds. The monoisotopic (exact) mass is 488 g/mol. The van der Waals surface area contributed by atoms with E-state index in [0.29, 0.717) is 18.6 Å². The summed E-state index contributed by atoms with van der Waals surface area (Å²) in [6.07, 6.45) is 0.897. The second-order valence-electron chi connectivity index (χ2n) is 7.91. The van der Waals surface area contributed by atoms with Gasteiger partial charge in [-0.1, -0.05) is 12.1 Å². The molecule has 3 aromatic rings. The Morgan fingerprint density at radius 2 is 2.03 bits per heavy atom. The van der Waals surface area contributed by atoms with E-state index < -0.39 is 12.8 Å². The van der Waals surface area contributed by atoms with Crippen LogP contribution in [0.5, 0.6) is 11.6 Å². The first-order valence-corrected chi connectivity index (χ1v) is 10.9. The van der Waals surface area contributed by atoms with Crippen molar-refractivity contribution >= 4 is 5.91 Å². The zero-order valence-electron chi connectivity index (χ0n) is 18.8. The van der Waals surface area contributed by atoms with Gasteiger partial charge in [0.25, 0.3) is 5.91 Å². The normalized spacial score (nSPS) is 15.1. The number of amides is 1. The lowest BCUT2D eigenvalue weighted by Gasteiger charge is -2.27. The maximum atomic E-state index is 12.7. The van der Waals surface area contributed by atoms with E-state index in [1.165, 1.54) is 18.3 Å². The molecule has 4 rings (SSSR count). The van der Waals surface area contributed by atoms with Crippen molar-refractivity contribution in [1.82, 2.24) is 20.3 Å². The Kier molecular flexibility index (Phi) is 7.45. The molecule has 1 atom stereocenters. The number of benzene rings is 1. The lowest BCUT2D eigenvalue weighted by Crippen LogP contribution is -2.42. The van der Waals surface area contributed by atoms with Crippen LogP contribution in [0, 0.1) is 6.92 Å². The number of aromatic nitrogens is 3. The molecule has 1 N–H and O–H groups in total. The van der Waals surface area contributed by atoms with Gasteiger partial charge in [0.2, 0.25) is 5.88 Å². The van der Waals surface area contributed by atoms with Gasteiger partial charge in [-0.3, -0.25) is 9.78 Å². The van der Waals surface area contributed by atoms with Gasteiger partial charge in [-0.2, -0.15) is 13.2 Å². The summed E-state index contributed by atoms with van der Waals surface area (Å²) < 4.78 is 51.8. The van der Waals surface area contributed by atoms with Crippen LogP contribution in [0.4, 0.5) is 13.2 Å². The average Bonchev–Trinajstić information content (AvgIpc) is 2.83. The average molecular weight is 488 g/mol. The quantitative estimate of drug-likeness (QED) is 0.485. The molecule has 0 aliphatic carbocycles. The SMILES string of the molecule is Cc1cncc(-c2cccc3c2C[C@H](NC(=O)c2ccc(OCCOCC(F)(F)F)nc2)CO3)n1. The molecule has 2 aromatic heterocycles. The Balaban J connectivity index is 1.34. The second kappa shape index (κ2) is 10.7. The van der Waals surface area contributed by atoms with Gasteiger partial charge in [0, 0.05) is 36.0 Å². The third kappa shape index (κ3) is 6.66. The number of carbonyl (C=O) groups is 1. The van der Waals surface area contributed by atoms with Gasteiger partial charge >= 0.3 is 6.18 Å². The van der Waals surface area contributed by atoms with E-state index in [9.17, 15) is 18.0 Å². The van der Waals surface area contributed by atoms with Gasteiger partial charge in [0.1, 0.15) is 25.6 Å². The predicted octanol–water partition coefficient (Wildman–Crippen LogP) is 3.54. The molecule has 35 heavy (non-hydrogen) atoms. The topological polar surface area (TPSA) is 95.5 Å². The Labute approximate surface area is 199 Å². The minimum absolute atomic E-state index is 0.0961. The minimum atomic E-state index is -4.38. The highest BCUT2D eigenvalue weighted by Gasteiger charge is 2.27. The van der Waals surface area contributed by atoms with Crippen LogP contribution in [0.2, 0.25) is 0 Å². The number of hydrogen-bond donors (Lipinski definition) is 1. The second-order valence-corrected chi connectivity index (χ2v) is 7.91. The number of alkyl halides is 3. The van der Waals surface area contributed by atoms with Crippen molar-refractivity contribution in [3.05, 3.63) is 65.7 Å². The number of hydrogen-bond acceptors (Lipinski definition) is 7. The Morgan fingerprint density at radius 3 is 2.77 bits per heavy atom. The molecule has 0 fully saturated rings. The van der Waals surface area contributed by atoms with Crippen LogP contribution in [0.1, 0.15) is 21.6 Å². The van der Waals surface area contributed by atoms with Crippen LogP contribution in [0.15, 0.2) is 48.9 Å². The molecule has 0 saturated carbocycles. The summed E-state index contributed by atoms with van der Waals surface area (Å²) in [6, 6.07) is 8.47. The molecule has 1 aromatic carbocycles. The van der Waals surface area contributed by atoms with Crippen LogP contribution in [0.25, 0.3) is 11.3 Å². The smallest absolute Gasteiger partial charge is 0.411 e. The molecule has 8 nitrogen and oxygen atoms in total. The zero-order valence-corrected chi connectivity index (χ0v) is 18.8. The number of pyridine rings is 1. The molecule has 0 bridgehead atoms. The number of halogens is 3. The van der Waals surface area contributed by atoms with Gasteiger partial charge < -0.3 is 19.5 Å². The summed E-state index contributed by atoms with van der Waals surface area (Å²) in [5, 5.41) is 2.95. The van der Waals surface area contributed by atoms with E-state index >= 15 is 0 Å². The van der Waals surface area contributed by atoms with Gasteiger partial charge in [-0.05, 0) is 19.1 Å². The van der Waals surface area contributed by atoms with E-state index in [4.69, 9.17) is 9.47 Å². The summed E-state index contributed by atoms with van der Waals surface area (Å²) in [6.45, 7) is 0.521. The van der Waals surface area contributed by atoms with Crippen LogP contribution in [-0.4, -0.2) is 59.5 Å². The third-order valence-electron chi connectivity index (χ3n) is 5.13. The van der Waals surface area contributed by atoms with Crippen LogP contribution < -0.4 is 14.8 Å². The molecule has 0 spiro atoms. The first-order valence-electron chi connectivity index (χ1n) is 10.9. The zero-order chi connectivity index (χ0) is 24.8. The van der Waals surface area contributed by atoms with Crippen molar-refractivity contribution < 1.29 is 32.2 Å². The Hall–Kier alpha value is -3.73. The van der Waals surface area contributed by atoms with Crippen molar-refractivity contribution in [3.63, 3.8) is 0 Å². The molecule has 11 heteroatoms.